The average Bonchev–Trinajstić information content (AvgIpc) is 2.64. The van der Waals surface area contributed by atoms with Gasteiger partial charge in [0.1, 0.15) is 0 Å². The Labute approximate surface area is 104 Å². The molecular weight excluding hydrogens is 246 g/mol. The molecule has 0 aliphatic heterocycles. The lowest BCUT2D eigenvalue weighted by Gasteiger charge is -2.24. The highest BCUT2D eigenvalue weighted by Gasteiger charge is 2.20. The van der Waals surface area contributed by atoms with Gasteiger partial charge in [-0.1, -0.05) is 18.5 Å². The number of nitrogens with one attached hydrogen (secondary N) is 1. The summed E-state index contributed by atoms with van der Waals surface area (Å²) >= 11 is 7.37. The Balaban J connectivity index is 2.62. The van der Waals surface area contributed by atoms with Crippen LogP contribution in [0.1, 0.15) is 18.2 Å². The standard InChI is InChI=1S/C10H16ClN3OS/c1-3-8(10(15)13-12)14(2)6-7-4-5-9(11)16-7/h4-5,8H,3,6,12H2,1-2H3,(H,13,15). The Morgan fingerprint density at radius 1 is 1.69 bits per heavy atom. The zero-order valence-electron chi connectivity index (χ0n) is 9.37. The van der Waals surface area contributed by atoms with Gasteiger partial charge >= 0.3 is 0 Å². The zero-order valence-corrected chi connectivity index (χ0v) is 10.9. The molecule has 3 N–H and O–H groups in total. The molecule has 0 aromatic carbocycles. The minimum Gasteiger partial charge on any atom is -0.293 e. The van der Waals surface area contributed by atoms with E-state index in [-0.39, 0.29) is 11.9 Å². The molecule has 1 aromatic heterocycles. The maximum atomic E-state index is 11.5. The highest BCUT2D eigenvalue weighted by atomic mass is 35.5. The zero-order chi connectivity index (χ0) is 12.1. The number of nitrogens with two attached hydrogens (primary N) is 1. The van der Waals surface area contributed by atoms with Crippen LogP contribution < -0.4 is 11.3 Å². The van der Waals surface area contributed by atoms with Crippen molar-refractivity contribution in [2.75, 3.05) is 7.05 Å². The summed E-state index contributed by atoms with van der Waals surface area (Å²) in [6.45, 7) is 2.65. The van der Waals surface area contributed by atoms with Gasteiger partial charge in [0.25, 0.3) is 5.91 Å². The van der Waals surface area contributed by atoms with Crippen molar-refractivity contribution in [1.82, 2.24) is 10.3 Å². The first-order valence-electron chi connectivity index (χ1n) is 5.03. The van der Waals surface area contributed by atoms with Gasteiger partial charge in [0.15, 0.2) is 0 Å². The van der Waals surface area contributed by atoms with Crippen LogP contribution >= 0.6 is 22.9 Å². The molecule has 0 saturated heterocycles. The predicted octanol–water partition coefficient (Wildman–Crippen LogP) is 1.60. The largest absolute Gasteiger partial charge is 0.293 e. The van der Waals surface area contributed by atoms with Crippen LogP contribution in [-0.4, -0.2) is 23.9 Å². The van der Waals surface area contributed by atoms with Crippen molar-refractivity contribution in [1.29, 1.82) is 0 Å². The maximum Gasteiger partial charge on any atom is 0.251 e. The molecule has 1 amide bonds. The van der Waals surface area contributed by atoms with E-state index in [4.69, 9.17) is 17.4 Å². The fourth-order valence-corrected chi connectivity index (χ4v) is 2.74. The SMILES string of the molecule is CCC(C(=O)NN)N(C)Cc1ccc(Cl)s1. The van der Waals surface area contributed by atoms with Crippen LogP contribution in [0.25, 0.3) is 0 Å². The molecule has 1 unspecified atom stereocenters. The molecular formula is C10H16ClN3OS. The van der Waals surface area contributed by atoms with E-state index in [0.29, 0.717) is 6.54 Å². The molecule has 1 rings (SSSR count). The topological polar surface area (TPSA) is 58.4 Å². The lowest BCUT2D eigenvalue weighted by atomic mass is 10.2. The third-order valence-corrected chi connectivity index (χ3v) is 3.61. The normalized spacial score (nSPS) is 12.8. The first kappa shape index (κ1) is 13.4. The summed E-state index contributed by atoms with van der Waals surface area (Å²) < 4.78 is 0.764. The van der Waals surface area contributed by atoms with E-state index in [2.05, 4.69) is 5.43 Å². The quantitative estimate of drug-likeness (QED) is 0.481. The lowest BCUT2D eigenvalue weighted by Crippen LogP contribution is -2.46. The minimum atomic E-state index is -0.203. The molecule has 4 nitrogen and oxygen atoms in total. The van der Waals surface area contributed by atoms with Gasteiger partial charge in [-0.15, -0.1) is 11.3 Å². The number of carbonyl (C=O) groups excluding carboxylic acids is 1. The van der Waals surface area contributed by atoms with E-state index < -0.39 is 0 Å². The number of amides is 1. The molecule has 1 heterocycles. The molecule has 0 aliphatic rings. The number of hydrogen-bond donors (Lipinski definition) is 2. The van der Waals surface area contributed by atoms with Crippen LogP contribution in [0.5, 0.6) is 0 Å². The number of likely N-dealkylation sites (N-methyl/N-ethyl adjacent to an activating group) is 1. The van der Waals surface area contributed by atoms with Crippen LogP contribution in [0.3, 0.4) is 0 Å². The number of rotatable bonds is 5. The number of hydrazine groups is 1. The van der Waals surface area contributed by atoms with Crippen molar-refractivity contribution in [3.8, 4) is 0 Å². The molecule has 16 heavy (non-hydrogen) atoms. The van der Waals surface area contributed by atoms with Gasteiger partial charge in [-0.05, 0) is 25.6 Å². The molecule has 0 radical (unpaired) electrons. The number of carbonyl (C=O) groups is 1. The van der Waals surface area contributed by atoms with Crippen LogP contribution in [0.15, 0.2) is 12.1 Å². The lowest BCUT2D eigenvalue weighted by molar-refractivity contribution is -0.126. The Morgan fingerprint density at radius 2 is 2.38 bits per heavy atom. The second-order valence-corrected chi connectivity index (χ2v) is 5.35. The Kier molecular flexibility index (Phi) is 5.21. The van der Waals surface area contributed by atoms with Crippen molar-refractivity contribution in [3.05, 3.63) is 21.3 Å². The van der Waals surface area contributed by atoms with E-state index in [0.717, 1.165) is 15.6 Å². The highest BCUT2D eigenvalue weighted by molar-refractivity contribution is 7.16. The molecule has 90 valence electrons. The monoisotopic (exact) mass is 261 g/mol. The summed E-state index contributed by atoms with van der Waals surface area (Å²) in [6, 6.07) is 3.63. The third kappa shape index (κ3) is 3.45. The van der Waals surface area contributed by atoms with Crippen molar-refractivity contribution >= 4 is 28.8 Å². The summed E-state index contributed by atoms with van der Waals surface area (Å²) in [4.78, 5) is 14.6. The maximum absolute atomic E-state index is 11.5. The number of nitrogens with zero attached hydrogens (tertiary/aromatic N) is 1. The van der Waals surface area contributed by atoms with Crippen LogP contribution in [0, 0.1) is 0 Å². The van der Waals surface area contributed by atoms with Crippen LogP contribution in [0.4, 0.5) is 0 Å². The summed E-state index contributed by atoms with van der Waals surface area (Å²) in [7, 11) is 1.90. The van der Waals surface area contributed by atoms with Crippen molar-refractivity contribution < 1.29 is 4.79 Å². The molecule has 0 saturated carbocycles. The summed E-state index contributed by atoms with van der Waals surface area (Å²) in [5, 5.41) is 0. The molecule has 1 aromatic rings. The van der Waals surface area contributed by atoms with E-state index in [1.165, 1.54) is 11.3 Å². The van der Waals surface area contributed by atoms with Crippen molar-refractivity contribution in [2.45, 2.75) is 25.9 Å². The third-order valence-electron chi connectivity index (χ3n) is 2.40. The Bertz CT molecular complexity index is 356. The van der Waals surface area contributed by atoms with Crippen molar-refractivity contribution in [2.24, 2.45) is 5.84 Å². The van der Waals surface area contributed by atoms with Gasteiger partial charge < -0.3 is 0 Å². The van der Waals surface area contributed by atoms with E-state index in [9.17, 15) is 4.79 Å². The number of hydrogen-bond acceptors (Lipinski definition) is 4. The molecule has 6 heteroatoms. The second-order valence-electron chi connectivity index (χ2n) is 3.55. The van der Waals surface area contributed by atoms with Crippen molar-refractivity contribution in [3.63, 3.8) is 0 Å². The summed E-state index contributed by atoms with van der Waals surface area (Å²) in [5.74, 6) is 4.98. The van der Waals surface area contributed by atoms with Gasteiger partial charge in [0, 0.05) is 11.4 Å². The first-order chi connectivity index (χ1) is 7.58. The Morgan fingerprint density at radius 3 is 2.81 bits per heavy atom. The fraction of sp³-hybridized carbons (Fsp3) is 0.500. The average molecular weight is 262 g/mol. The van der Waals surface area contributed by atoms with Gasteiger partial charge in [-0.2, -0.15) is 0 Å². The molecule has 0 fully saturated rings. The smallest absolute Gasteiger partial charge is 0.251 e. The molecule has 0 spiro atoms. The number of halogens is 1. The van der Waals surface area contributed by atoms with E-state index >= 15 is 0 Å². The fourth-order valence-electron chi connectivity index (χ4n) is 1.59. The molecule has 0 bridgehead atoms. The summed E-state index contributed by atoms with van der Waals surface area (Å²) in [5.41, 5.74) is 2.18. The molecule has 0 aliphatic carbocycles. The van der Waals surface area contributed by atoms with Gasteiger partial charge in [0.2, 0.25) is 0 Å². The highest BCUT2D eigenvalue weighted by Crippen LogP contribution is 2.23. The first-order valence-corrected chi connectivity index (χ1v) is 6.22. The number of thiophene rings is 1. The van der Waals surface area contributed by atoms with Crippen LogP contribution in [-0.2, 0) is 11.3 Å². The van der Waals surface area contributed by atoms with Crippen LogP contribution in [0.2, 0.25) is 4.34 Å². The van der Waals surface area contributed by atoms with Gasteiger partial charge in [-0.3, -0.25) is 15.1 Å². The summed E-state index contributed by atoms with van der Waals surface area (Å²) in [6.07, 6.45) is 0.721. The second kappa shape index (κ2) is 6.20. The Hall–Kier alpha value is -0.620. The molecule has 1 atom stereocenters. The predicted molar refractivity (Wildman–Crippen MR) is 67.2 cm³/mol. The van der Waals surface area contributed by atoms with E-state index in [1.807, 2.05) is 31.0 Å². The van der Waals surface area contributed by atoms with E-state index in [1.54, 1.807) is 0 Å². The van der Waals surface area contributed by atoms with Gasteiger partial charge in [0.05, 0.1) is 10.4 Å². The minimum absolute atomic E-state index is 0.160. The van der Waals surface area contributed by atoms with Gasteiger partial charge in [-0.25, -0.2) is 5.84 Å².